The summed E-state index contributed by atoms with van der Waals surface area (Å²) in [6.07, 6.45) is 0. The highest BCUT2D eigenvalue weighted by atomic mass is 35.5. The number of para-hydroxylation sites is 1. The largest absolute Gasteiger partial charge is 0.493 e. The molecule has 1 aromatic heterocycles. The smallest absolute Gasteiger partial charge is 0.270 e. The number of aromatic nitrogens is 1. The zero-order chi connectivity index (χ0) is 24.5. The van der Waals surface area contributed by atoms with Crippen molar-refractivity contribution in [3.8, 4) is 5.88 Å². The third-order valence-electron chi connectivity index (χ3n) is 5.03. The van der Waals surface area contributed by atoms with Gasteiger partial charge in [0.25, 0.3) is 15.7 Å². The Morgan fingerprint density at radius 3 is 2.47 bits per heavy atom. The van der Waals surface area contributed by atoms with Crippen molar-refractivity contribution in [2.24, 2.45) is 10.2 Å². The molecule has 12 heteroatoms. The molecule has 4 rings (SSSR count). The van der Waals surface area contributed by atoms with E-state index in [2.05, 4.69) is 15.0 Å². The zero-order valence-electron chi connectivity index (χ0n) is 17.7. The first-order valence-corrected chi connectivity index (χ1v) is 11.9. The molecule has 0 spiro atoms. The van der Waals surface area contributed by atoms with E-state index in [4.69, 9.17) is 11.6 Å². The molecule has 0 amide bonds. The number of azo groups is 1. The topological polar surface area (TPSA) is 139 Å². The van der Waals surface area contributed by atoms with E-state index in [0.29, 0.717) is 17.0 Å². The van der Waals surface area contributed by atoms with Gasteiger partial charge in [-0.15, -0.1) is 10.2 Å². The van der Waals surface area contributed by atoms with Crippen molar-refractivity contribution >= 4 is 55.3 Å². The van der Waals surface area contributed by atoms with Gasteiger partial charge in [0.1, 0.15) is 10.6 Å². The van der Waals surface area contributed by atoms with Gasteiger partial charge in [-0.1, -0.05) is 29.8 Å². The molecule has 4 aromatic rings. The molecule has 0 atom stereocenters. The molecule has 10 nitrogen and oxygen atoms in total. The van der Waals surface area contributed by atoms with Crippen molar-refractivity contribution in [3.05, 3.63) is 81.9 Å². The summed E-state index contributed by atoms with van der Waals surface area (Å²) < 4.78 is 30.2. The second kappa shape index (κ2) is 9.12. The second-order valence-electron chi connectivity index (χ2n) is 7.16. The molecular weight excluding hydrogens is 482 g/mol. The summed E-state index contributed by atoms with van der Waals surface area (Å²) in [6, 6.07) is 16.3. The van der Waals surface area contributed by atoms with Gasteiger partial charge in [0.05, 0.1) is 10.4 Å². The van der Waals surface area contributed by atoms with E-state index in [1.165, 1.54) is 30.3 Å². The number of aryl methyl sites for hydroxylation is 1. The number of nitro groups is 1. The monoisotopic (exact) mass is 499 g/mol. The van der Waals surface area contributed by atoms with E-state index in [-0.39, 0.29) is 22.9 Å². The number of fused-ring (bicyclic) bond motifs is 1. The lowest BCUT2D eigenvalue weighted by molar-refractivity contribution is -0.385. The summed E-state index contributed by atoms with van der Waals surface area (Å²) in [4.78, 5) is 10.1. The van der Waals surface area contributed by atoms with Crippen LogP contribution in [-0.4, -0.2) is 23.0 Å². The Bertz CT molecular complexity index is 1530. The van der Waals surface area contributed by atoms with Crippen LogP contribution in [-0.2, 0) is 16.6 Å². The van der Waals surface area contributed by atoms with Gasteiger partial charge in [-0.2, -0.15) is 0 Å². The van der Waals surface area contributed by atoms with Gasteiger partial charge in [-0.25, -0.2) is 8.42 Å². The van der Waals surface area contributed by atoms with Crippen LogP contribution in [0.3, 0.4) is 0 Å². The van der Waals surface area contributed by atoms with E-state index in [0.717, 1.165) is 17.6 Å². The third-order valence-corrected chi connectivity index (χ3v) is 6.69. The summed E-state index contributed by atoms with van der Waals surface area (Å²) >= 11 is 5.84. The number of anilines is 1. The predicted molar refractivity (Wildman–Crippen MR) is 129 cm³/mol. The van der Waals surface area contributed by atoms with Crippen LogP contribution in [0.5, 0.6) is 5.88 Å². The van der Waals surface area contributed by atoms with Gasteiger partial charge >= 0.3 is 0 Å². The molecule has 0 unspecified atom stereocenters. The van der Waals surface area contributed by atoms with Crippen LogP contribution in [0.15, 0.2) is 81.9 Å². The SMILES string of the molecule is CCn1c(O)c(N=Nc2ccc([N+](=O)[O-])cc2S(=O)(=O)Nc2ccc(Cl)cc2)c2ccccc21. The number of hydrogen-bond donors (Lipinski definition) is 2. The van der Waals surface area contributed by atoms with Crippen molar-refractivity contribution in [2.45, 2.75) is 18.4 Å². The lowest BCUT2D eigenvalue weighted by Gasteiger charge is -2.10. The zero-order valence-corrected chi connectivity index (χ0v) is 19.3. The molecule has 34 heavy (non-hydrogen) atoms. The molecule has 0 radical (unpaired) electrons. The molecule has 1 heterocycles. The molecule has 0 aliphatic carbocycles. The molecule has 174 valence electrons. The van der Waals surface area contributed by atoms with Crippen LogP contribution in [0.2, 0.25) is 5.02 Å². The van der Waals surface area contributed by atoms with Crippen LogP contribution >= 0.6 is 11.6 Å². The van der Waals surface area contributed by atoms with Crippen molar-refractivity contribution in [2.75, 3.05) is 4.72 Å². The second-order valence-corrected chi connectivity index (χ2v) is 9.24. The van der Waals surface area contributed by atoms with Crippen LogP contribution < -0.4 is 4.72 Å². The molecule has 3 aromatic carbocycles. The Morgan fingerprint density at radius 1 is 1.09 bits per heavy atom. The number of rotatable bonds is 7. The van der Waals surface area contributed by atoms with Gasteiger partial charge in [-0.05, 0) is 43.3 Å². The van der Waals surface area contributed by atoms with Gasteiger partial charge < -0.3 is 9.67 Å². The predicted octanol–water partition coefficient (Wildman–Crippen LogP) is 6.14. The molecule has 0 saturated carbocycles. The fourth-order valence-electron chi connectivity index (χ4n) is 3.44. The molecule has 0 fully saturated rings. The molecule has 2 N–H and O–H groups in total. The minimum Gasteiger partial charge on any atom is -0.493 e. The van der Waals surface area contributed by atoms with Gasteiger partial charge in [0.2, 0.25) is 5.88 Å². The number of nitro benzene ring substituents is 1. The van der Waals surface area contributed by atoms with Gasteiger partial charge in [0.15, 0.2) is 5.69 Å². The fraction of sp³-hybridized carbons (Fsp3) is 0.0909. The average molecular weight is 500 g/mol. The number of benzene rings is 3. The maximum absolute atomic E-state index is 13.1. The first-order chi connectivity index (χ1) is 16.2. The summed E-state index contributed by atoms with van der Waals surface area (Å²) in [5, 5.41) is 31.1. The molecule has 0 saturated heterocycles. The van der Waals surface area contributed by atoms with Crippen LogP contribution in [0, 0.1) is 10.1 Å². The Hall–Kier alpha value is -3.96. The highest BCUT2D eigenvalue weighted by Crippen LogP contribution is 2.40. The number of nitrogens with one attached hydrogen (secondary N) is 1. The lowest BCUT2D eigenvalue weighted by Crippen LogP contribution is -2.13. The molecule has 0 aliphatic rings. The van der Waals surface area contributed by atoms with Gasteiger partial charge in [0, 0.05) is 34.8 Å². The molecule has 0 aliphatic heterocycles. The highest BCUT2D eigenvalue weighted by Gasteiger charge is 2.23. The minimum absolute atomic E-state index is 0.127. The van der Waals surface area contributed by atoms with Crippen molar-refractivity contribution < 1.29 is 18.4 Å². The number of nitrogens with zero attached hydrogens (tertiary/aromatic N) is 4. The number of non-ortho nitro benzene ring substituents is 1. The highest BCUT2D eigenvalue weighted by molar-refractivity contribution is 7.92. The van der Waals surface area contributed by atoms with Crippen molar-refractivity contribution in [3.63, 3.8) is 0 Å². The van der Waals surface area contributed by atoms with Crippen LogP contribution in [0.25, 0.3) is 10.9 Å². The minimum atomic E-state index is -4.29. The lowest BCUT2D eigenvalue weighted by atomic mass is 10.2. The fourth-order valence-corrected chi connectivity index (χ4v) is 4.78. The number of halogens is 1. The Kier molecular flexibility index (Phi) is 6.22. The third kappa shape index (κ3) is 4.43. The summed E-state index contributed by atoms with van der Waals surface area (Å²) in [7, 11) is -4.29. The van der Waals surface area contributed by atoms with Crippen molar-refractivity contribution in [1.29, 1.82) is 0 Å². The molecule has 0 bridgehead atoms. The maximum Gasteiger partial charge on any atom is 0.270 e. The summed E-state index contributed by atoms with van der Waals surface area (Å²) in [6.45, 7) is 2.33. The van der Waals surface area contributed by atoms with E-state index in [1.54, 1.807) is 16.7 Å². The normalized spacial score (nSPS) is 11.8. The van der Waals surface area contributed by atoms with Crippen LogP contribution in [0.4, 0.5) is 22.7 Å². The first kappa shape index (κ1) is 23.2. The quantitative estimate of drug-likeness (QED) is 0.178. The van der Waals surface area contributed by atoms with E-state index in [9.17, 15) is 23.6 Å². The average Bonchev–Trinajstić information content (AvgIpc) is 3.09. The number of aromatic hydroxyl groups is 1. The van der Waals surface area contributed by atoms with E-state index < -0.39 is 25.5 Å². The van der Waals surface area contributed by atoms with E-state index in [1.807, 2.05) is 19.1 Å². The standard InChI is InChI=1S/C22H18ClN5O5S/c1-2-27-19-6-4-3-5-17(19)21(22(27)29)25-24-18-12-11-16(28(30)31)13-20(18)34(32,33)26-15-9-7-14(23)8-10-15/h3-13,26,29H,2H2,1H3. The number of hydrogen-bond acceptors (Lipinski definition) is 7. The molecular formula is C22H18ClN5O5S. The Labute approximate surface area is 199 Å². The first-order valence-electron chi connectivity index (χ1n) is 10.00. The Morgan fingerprint density at radius 2 is 1.79 bits per heavy atom. The maximum atomic E-state index is 13.1. The van der Waals surface area contributed by atoms with Gasteiger partial charge in [-0.3, -0.25) is 14.8 Å². The summed E-state index contributed by atoms with van der Waals surface area (Å²) in [5.41, 5.74) is 0.533. The van der Waals surface area contributed by atoms with Crippen molar-refractivity contribution in [1.82, 2.24) is 4.57 Å². The Balaban J connectivity index is 1.81. The van der Waals surface area contributed by atoms with E-state index >= 15 is 0 Å². The van der Waals surface area contributed by atoms with Crippen LogP contribution in [0.1, 0.15) is 6.92 Å². The number of sulfonamides is 1. The summed E-state index contributed by atoms with van der Waals surface area (Å²) in [5.74, 6) is -0.127.